The van der Waals surface area contributed by atoms with E-state index < -0.39 is 12.8 Å². The fourth-order valence-electron chi connectivity index (χ4n) is 1.07. The molecule has 0 aromatic carbocycles. The van der Waals surface area contributed by atoms with Crippen LogP contribution in [0.2, 0.25) is 0 Å². The number of hydrogen-bond acceptors (Lipinski definition) is 3. The lowest BCUT2D eigenvalue weighted by atomic mass is 10.1. The molecule has 0 radical (unpaired) electrons. The van der Waals surface area contributed by atoms with Gasteiger partial charge in [0.05, 0.1) is 11.9 Å². The van der Waals surface area contributed by atoms with Crippen LogP contribution >= 0.6 is 0 Å². The Morgan fingerprint density at radius 1 is 1.44 bits per heavy atom. The summed E-state index contributed by atoms with van der Waals surface area (Å²) in [6, 6.07) is 2.81. The molecule has 90 valence electrons. The summed E-state index contributed by atoms with van der Waals surface area (Å²) in [5.41, 5.74) is 6.34. The maximum Gasteiger partial charge on any atom is 0.422 e. The summed E-state index contributed by atoms with van der Waals surface area (Å²) in [5.74, 6) is 0.0874. The van der Waals surface area contributed by atoms with Crippen molar-refractivity contribution in [1.82, 2.24) is 4.98 Å². The van der Waals surface area contributed by atoms with Crippen LogP contribution in [-0.2, 0) is 0 Å². The SMILES string of the molecule is CCC(N)c1ccc(OCC(F)(F)F)cn1. The minimum Gasteiger partial charge on any atom is -0.483 e. The molecule has 0 aliphatic heterocycles. The summed E-state index contributed by atoms with van der Waals surface area (Å²) in [6.07, 6.45) is -2.37. The van der Waals surface area contributed by atoms with Crippen LogP contribution in [0.25, 0.3) is 0 Å². The van der Waals surface area contributed by atoms with Crippen LogP contribution in [0.4, 0.5) is 13.2 Å². The van der Waals surface area contributed by atoms with E-state index in [9.17, 15) is 13.2 Å². The topological polar surface area (TPSA) is 48.1 Å². The molecule has 0 saturated heterocycles. The van der Waals surface area contributed by atoms with Crippen molar-refractivity contribution in [2.24, 2.45) is 5.73 Å². The van der Waals surface area contributed by atoms with Gasteiger partial charge in [-0.25, -0.2) is 0 Å². The molecular formula is C10H13F3N2O. The highest BCUT2D eigenvalue weighted by molar-refractivity contribution is 5.21. The molecule has 0 spiro atoms. The van der Waals surface area contributed by atoms with Gasteiger partial charge in [0.1, 0.15) is 5.75 Å². The quantitative estimate of drug-likeness (QED) is 0.870. The fraction of sp³-hybridized carbons (Fsp3) is 0.500. The summed E-state index contributed by atoms with van der Waals surface area (Å²) in [4.78, 5) is 3.93. The van der Waals surface area contributed by atoms with Crippen LogP contribution < -0.4 is 10.5 Å². The largest absolute Gasteiger partial charge is 0.483 e. The highest BCUT2D eigenvalue weighted by Gasteiger charge is 2.28. The van der Waals surface area contributed by atoms with Gasteiger partial charge in [-0.2, -0.15) is 13.2 Å². The van der Waals surface area contributed by atoms with Crippen molar-refractivity contribution in [2.45, 2.75) is 25.6 Å². The van der Waals surface area contributed by atoms with E-state index in [0.717, 1.165) is 6.42 Å². The Morgan fingerprint density at radius 2 is 2.12 bits per heavy atom. The number of alkyl halides is 3. The zero-order chi connectivity index (χ0) is 12.2. The number of nitrogens with zero attached hydrogens (tertiary/aromatic N) is 1. The molecule has 0 aliphatic rings. The van der Waals surface area contributed by atoms with E-state index in [0.29, 0.717) is 5.69 Å². The standard InChI is InChI=1S/C10H13F3N2O/c1-2-8(14)9-4-3-7(5-15-9)16-6-10(11,12)13/h3-5,8H,2,6,14H2,1H3. The van der Waals surface area contributed by atoms with Crippen LogP contribution in [0, 0.1) is 0 Å². The van der Waals surface area contributed by atoms with Gasteiger partial charge in [0.2, 0.25) is 0 Å². The van der Waals surface area contributed by atoms with Crippen molar-refractivity contribution in [3.8, 4) is 5.75 Å². The number of pyridine rings is 1. The van der Waals surface area contributed by atoms with E-state index in [1.807, 2.05) is 6.92 Å². The summed E-state index contributed by atoms with van der Waals surface area (Å²) >= 11 is 0. The van der Waals surface area contributed by atoms with Crippen LogP contribution in [0.5, 0.6) is 5.75 Å². The van der Waals surface area contributed by atoms with Crippen LogP contribution in [-0.4, -0.2) is 17.8 Å². The minimum atomic E-state index is -4.33. The molecule has 1 heterocycles. The molecule has 0 bridgehead atoms. The van der Waals surface area contributed by atoms with Gasteiger partial charge in [-0.1, -0.05) is 6.92 Å². The van der Waals surface area contributed by atoms with Gasteiger partial charge in [0, 0.05) is 6.04 Å². The summed E-state index contributed by atoms with van der Waals surface area (Å²) in [5, 5.41) is 0. The predicted octanol–water partition coefficient (Wildman–Crippen LogP) is 2.43. The first-order chi connectivity index (χ1) is 7.42. The molecule has 2 N–H and O–H groups in total. The second kappa shape index (κ2) is 5.16. The Bertz CT molecular complexity index is 324. The molecule has 0 amide bonds. The second-order valence-electron chi connectivity index (χ2n) is 3.34. The molecule has 16 heavy (non-hydrogen) atoms. The summed E-state index contributed by atoms with van der Waals surface area (Å²) in [6.45, 7) is 0.592. The third kappa shape index (κ3) is 4.06. The van der Waals surface area contributed by atoms with Crippen molar-refractivity contribution in [1.29, 1.82) is 0 Å². The molecule has 0 aliphatic carbocycles. The van der Waals surface area contributed by atoms with Crippen molar-refractivity contribution in [3.05, 3.63) is 24.0 Å². The highest BCUT2D eigenvalue weighted by Crippen LogP contribution is 2.19. The Morgan fingerprint density at radius 3 is 2.56 bits per heavy atom. The number of ether oxygens (including phenoxy) is 1. The van der Waals surface area contributed by atoms with Gasteiger partial charge in [-0.05, 0) is 18.6 Å². The van der Waals surface area contributed by atoms with E-state index in [2.05, 4.69) is 9.72 Å². The smallest absolute Gasteiger partial charge is 0.422 e. The number of rotatable bonds is 4. The zero-order valence-corrected chi connectivity index (χ0v) is 8.79. The van der Waals surface area contributed by atoms with Crippen molar-refractivity contribution < 1.29 is 17.9 Å². The minimum absolute atomic E-state index is 0.0874. The molecule has 1 rings (SSSR count). The number of halogens is 3. The third-order valence-electron chi connectivity index (χ3n) is 1.98. The fourth-order valence-corrected chi connectivity index (χ4v) is 1.07. The molecule has 3 nitrogen and oxygen atoms in total. The predicted molar refractivity (Wildman–Crippen MR) is 53.0 cm³/mol. The number of hydrogen-bond donors (Lipinski definition) is 1. The average molecular weight is 234 g/mol. The van der Waals surface area contributed by atoms with Gasteiger partial charge in [0.15, 0.2) is 6.61 Å². The molecule has 1 atom stereocenters. The van der Waals surface area contributed by atoms with E-state index in [4.69, 9.17) is 5.73 Å². The average Bonchev–Trinajstić information content (AvgIpc) is 2.25. The Balaban J connectivity index is 2.58. The van der Waals surface area contributed by atoms with E-state index in [-0.39, 0.29) is 11.8 Å². The Hall–Kier alpha value is -1.30. The third-order valence-corrected chi connectivity index (χ3v) is 1.98. The van der Waals surface area contributed by atoms with Crippen LogP contribution in [0.3, 0.4) is 0 Å². The van der Waals surface area contributed by atoms with Crippen LogP contribution in [0.15, 0.2) is 18.3 Å². The number of nitrogens with two attached hydrogens (primary N) is 1. The maximum absolute atomic E-state index is 11.8. The monoisotopic (exact) mass is 234 g/mol. The van der Waals surface area contributed by atoms with Gasteiger partial charge in [0.25, 0.3) is 0 Å². The second-order valence-corrected chi connectivity index (χ2v) is 3.34. The van der Waals surface area contributed by atoms with Gasteiger partial charge < -0.3 is 10.5 Å². The molecule has 6 heteroatoms. The van der Waals surface area contributed by atoms with E-state index in [1.165, 1.54) is 12.3 Å². The number of aromatic nitrogens is 1. The first-order valence-electron chi connectivity index (χ1n) is 4.83. The Labute approximate surface area is 91.4 Å². The lowest BCUT2D eigenvalue weighted by Gasteiger charge is -2.11. The van der Waals surface area contributed by atoms with Crippen molar-refractivity contribution in [3.63, 3.8) is 0 Å². The van der Waals surface area contributed by atoms with Crippen molar-refractivity contribution >= 4 is 0 Å². The summed E-state index contributed by atoms with van der Waals surface area (Å²) in [7, 11) is 0. The normalized spacial score (nSPS) is 13.6. The highest BCUT2D eigenvalue weighted by atomic mass is 19.4. The molecule has 1 aromatic rings. The first-order valence-corrected chi connectivity index (χ1v) is 4.83. The molecule has 1 unspecified atom stereocenters. The Kier molecular flexibility index (Phi) is 4.12. The lowest BCUT2D eigenvalue weighted by molar-refractivity contribution is -0.153. The molecule has 1 aromatic heterocycles. The van der Waals surface area contributed by atoms with Gasteiger partial charge >= 0.3 is 6.18 Å². The molecule has 0 fully saturated rings. The first kappa shape index (κ1) is 12.8. The maximum atomic E-state index is 11.8. The molecular weight excluding hydrogens is 221 g/mol. The lowest BCUT2D eigenvalue weighted by Crippen LogP contribution is -2.19. The summed E-state index contributed by atoms with van der Waals surface area (Å²) < 4.78 is 40.0. The van der Waals surface area contributed by atoms with E-state index >= 15 is 0 Å². The zero-order valence-electron chi connectivity index (χ0n) is 8.79. The van der Waals surface area contributed by atoms with Crippen molar-refractivity contribution in [2.75, 3.05) is 6.61 Å². The molecule has 0 saturated carbocycles. The van der Waals surface area contributed by atoms with Gasteiger partial charge in [-0.3, -0.25) is 4.98 Å². The van der Waals surface area contributed by atoms with Gasteiger partial charge in [-0.15, -0.1) is 0 Å². The van der Waals surface area contributed by atoms with Crippen LogP contribution in [0.1, 0.15) is 25.1 Å². The van der Waals surface area contributed by atoms with E-state index in [1.54, 1.807) is 6.07 Å².